The van der Waals surface area contributed by atoms with E-state index < -0.39 is 11.8 Å². The number of anilines is 1. The fourth-order valence-electron chi connectivity index (χ4n) is 3.67. The Morgan fingerprint density at radius 3 is 2.72 bits per heavy atom. The number of hydrogen-bond acceptors (Lipinski definition) is 6. The van der Waals surface area contributed by atoms with Crippen LogP contribution in [0.1, 0.15) is 45.8 Å². The Morgan fingerprint density at radius 1 is 1.25 bits per heavy atom. The first-order chi connectivity index (χ1) is 15.5. The third-order valence-corrected chi connectivity index (χ3v) is 7.31. The molecule has 3 aromatic rings. The summed E-state index contributed by atoms with van der Waals surface area (Å²) in [6.07, 6.45) is 6.25. The first kappa shape index (κ1) is 22.0. The maximum Gasteiger partial charge on any atom is 0.354 e. The van der Waals surface area contributed by atoms with Gasteiger partial charge in [-0.05, 0) is 55.5 Å². The molecule has 0 bridgehead atoms. The lowest BCUT2D eigenvalue weighted by atomic mass is 10.1. The van der Waals surface area contributed by atoms with Gasteiger partial charge in [0.25, 0.3) is 0 Å². The van der Waals surface area contributed by atoms with Gasteiger partial charge in [-0.1, -0.05) is 18.2 Å². The number of carboxylic acid groups (broad SMARTS) is 1. The molecule has 7 nitrogen and oxygen atoms in total. The highest BCUT2D eigenvalue weighted by Crippen LogP contribution is 2.37. The molecule has 1 amide bonds. The van der Waals surface area contributed by atoms with Crippen LogP contribution < -0.4 is 5.32 Å². The van der Waals surface area contributed by atoms with Crippen LogP contribution in [-0.2, 0) is 17.6 Å². The first-order valence-electron chi connectivity index (χ1n) is 10.0. The number of imidazole rings is 1. The zero-order valence-corrected chi connectivity index (χ0v) is 18.6. The van der Waals surface area contributed by atoms with Crippen molar-refractivity contribution in [2.24, 2.45) is 0 Å². The third-order valence-electron chi connectivity index (χ3n) is 5.15. The number of carbonyl (C=O) groups is 2. The van der Waals surface area contributed by atoms with Gasteiger partial charge in [-0.25, -0.2) is 14.2 Å². The molecule has 4 rings (SSSR count). The van der Waals surface area contributed by atoms with Crippen molar-refractivity contribution in [2.75, 3.05) is 11.1 Å². The van der Waals surface area contributed by atoms with E-state index in [-0.39, 0.29) is 17.4 Å². The molecule has 10 heteroatoms. The maximum atomic E-state index is 13.3. The number of thiophene rings is 1. The molecule has 2 aromatic heterocycles. The summed E-state index contributed by atoms with van der Waals surface area (Å²) in [5.74, 6) is -1.96. The Kier molecular flexibility index (Phi) is 6.58. The van der Waals surface area contributed by atoms with Crippen molar-refractivity contribution >= 4 is 40.0 Å². The number of nitrogens with zero attached hydrogens (tertiary/aromatic N) is 3. The van der Waals surface area contributed by atoms with E-state index in [1.807, 2.05) is 0 Å². The van der Waals surface area contributed by atoms with Gasteiger partial charge in [0.05, 0.1) is 17.5 Å². The molecule has 1 aromatic carbocycles. The van der Waals surface area contributed by atoms with Gasteiger partial charge in [-0.2, -0.15) is 5.26 Å². The molecule has 0 radical (unpaired) electrons. The van der Waals surface area contributed by atoms with Gasteiger partial charge in [-0.15, -0.1) is 11.3 Å². The molecule has 0 unspecified atom stereocenters. The van der Waals surface area contributed by atoms with Gasteiger partial charge in [0.2, 0.25) is 5.91 Å². The Balaban J connectivity index is 1.51. The molecule has 0 aliphatic heterocycles. The lowest BCUT2D eigenvalue weighted by Crippen LogP contribution is -2.15. The number of carbonyl (C=O) groups excluding carboxylic acids is 1. The predicted octanol–water partition coefficient (Wildman–Crippen LogP) is 4.64. The van der Waals surface area contributed by atoms with Gasteiger partial charge in [0, 0.05) is 10.6 Å². The van der Waals surface area contributed by atoms with Gasteiger partial charge in [0.1, 0.15) is 16.9 Å². The van der Waals surface area contributed by atoms with E-state index >= 15 is 0 Å². The number of aromatic nitrogens is 2. The normalized spacial score (nSPS) is 13.1. The number of rotatable bonds is 6. The van der Waals surface area contributed by atoms with Gasteiger partial charge in [0.15, 0.2) is 10.9 Å². The van der Waals surface area contributed by atoms with Crippen molar-refractivity contribution in [3.05, 3.63) is 58.0 Å². The number of amides is 1. The quantitative estimate of drug-likeness (QED) is 0.401. The standard InChI is InChI=1S/C22H19FN4O3S2/c23-13-6-8-14(9-7-13)27-17(21(29)30)11-25-22(27)31-12-19(28)26-20-16(10-24)15-4-2-1-3-5-18(15)32-20/h6-9,11H,1-5,12H2,(H,26,28)(H,29,30). The monoisotopic (exact) mass is 470 g/mol. The highest BCUT2D eigenvalue weighted by molar-refractivity contribution is 7.99. The minimum atomic E-state index is -1.18. The van der Waals surface area contributed by atoms with E-state index in [2.05, 4.69) is 16.4 Å². The second-order valence-electron chi connectivity index (χ2n) is 7.26. The summed E-state index contributed by atoms with van der Waals surface area (Å²) in [7, 11) is 0. The Bertz CT molecular complexity index is 1210. The molecule has 2 heterocycles. The smallest absolute Gasteiger partial charge is 0.354 e. The fourth-order valence-corrected chi connectivity index (χ4v) is 5.72. The number of aromatic carboxylic acids is 1. The lowest BCUT2D eigenvalue weighted by molar-refractivity contribution is -0.113. The SMILES string of the molecule is N#Cc1c(NC(=O)CSc2ncc(C(=O)O)n2-c2ccc(F)cc2)sc2c1CCCCC2. The van der Waals surface area contributed by atoms with E-state index in [0.29, 0.717) is 21.4 Å². The molecule has 0 spiro atoms. The molecular formula is C22H19FN4O3S2. The highest BCUT2D eigenvalue weighted by atomic mass is 32.2. The summed E-state index contributed by atoms with van der Waals surface area (Å²) in [5.41, 5.74) is 1.94. The van der Waals surface area contributed by atoms with Crippen molar-refractivity contribution in [3.63, 3.8) is 0 Å². The summed E-state index contributed by atoms with van der Waals surface area (Å²) >= 11 is 2.53. The van der Waals surface area contributed by atoms with Crippen LogP contribution in [0.3, 0.4) is 0 Å². The zero-order valence-electron chi connectivity index (χ0n) is 16.9. The second kappa shape index (κ2) is 9.54. The Labute approximate surface area is 191 Å². The van der Waals surface area contributed by atoms with E-state index in [9.17, 15) is 24.3 Å². The molecule has 2 N–H and O–H groups in total. The van der Waals surface area contributed by atoms with Crippen LogP contribution in [0.25, 0.3) is 5.69 Å². The number of fused-ring (bicyclic) bond motifs is 1. The first-order valence-corrected chi connectivity index (χ1v) is 11.8. The van der Waals surface area contributed by atoms with Crippen molar-refractivity contribution in [1.29, 1.82) is 5.26 Å². The third kappa shape index (κ3) is 4.54. The largest absolute Gasteiger partial charge is 0.477 e. The average Bonchev–Trinajstić information content (AvgIpc) is 3.26. The predicted molar refractivity (Wildman–Crippen MR) is 120 cm³/mol. The molecule has 32 heavy (non-hydrogen) atoms. The van der Waals surface area contributed by atoms with Crippen LogP contribution >= 0.6 is 23.1 Å². The number of thioether (sulfide) groups is 1. The summed E-state index contributed by atoms with van der Waals surface area (Å²) in [4.78, 5) is 29.5. The van der Waals surface area contributed by atoms with Gasteiger partial charge in [-0.3, -0.25) is 9.36 Å². The molecular weight excluding hydrogens is 451 g/mol. The molecule has 164 valence electrons. The average molecular weight is 471 g/mol. The Hall–Kier alpha value is -3.16. The maximum absolute atomic E-state index is 13.3. The summed E-state index contributed by atoms with van der Waals surface area (Å²) in [6.45, 7) is 0. The van der Waals surface area contributed by atoms with E-state index in [4.69, 9.17) is 0 Å². The van der Waals surface area contributed by atoms with Crippen molar-refractivity contribution in [1.82, 2.24) is 9.55 Å². The van der Waals surface area contributed by atoms with Crippen molar-refractivity contribution in [3.8, 4) is 11.8 Å². The van der Waals surface area contributed by atoms with E-state index in [0.717, 1.165) is 49.4 Å². The molecule has 1 aliphatic carbocycles. The van der Waals surface area contributed by atoms with E-state index in [1.54, 1.807) is 0 Å². The number of aryl methyl sites for hydroxylation is 1. The number of benzene rings is 1. The van der Waals surface area contributed by atoms with E-state index in [1.165, 1.54) is 51.2 Å². The minimum absolute atomic E-state index is 0.0231. The van der Waals surface area contributed by atoms with Crippen LogP contribution in [-0.4, -0.2) is 32.3 Å². The molecule has 0 atom stereocenters. The molecule has 0 saturated heterocycles. The molecule has 1 aliphatic rings. The minimum Gasteiger partial charge on any atom is -0.477 e. The second-order valence-corrected chi connectivity index (χ2v) is 9.31. The van der Waals surface area contributed by atoms with Crippen LogP contribution in [0.2, 0.25) is 0 Å². The van der Waals surface area contributed by atoms with Gasteiger partial charge < -0.3 is 10.4 Å². The topological polar surface area (TPSA) is 108 Å². The van der Waals surface area contributed by atoms with Gasteiger partial charge >= 0.3 is 5.97 Å². The van der Waals surface area contributed by atoms with Crippen LogP contribution in [0.15, 0.2) is 35.6 Å². The van der Waals surface area contributed by atoms with Crippen molar-refractivity contribution in [2.45, 2.75) is 37.3 Å². The highest BCUT2D eigenvalue weighted by Gasteiger charge is 2.22. The molecule has 0 fully saturated rings. The summed E-state index contributed by atoms with van der Waals surface area (Å²) < 4.78 is 14.7. The lowest BCUT2D eigenvalue weighted by Gasteiger charge is -2.10. The van der Waals surface area contributed by atoms with Crippen molar-refractivity contribution < 1.29 is 19.1 Å². The summed E-state index contributed by atoms with van der Waals surface area (Å²) in [5, 5.41) is 22.8. The zero-order chi connectivity index (χ0) is 22.7. The fraction of sp³-hybridized carbons (Fsp3) is 0.273. The number of nitriles is 1. The number of hydrogen-bond donors (Lipinski definition) is 2. The number of nitrogens with one attached hydrogen (secondary N) is 1. The Morgan fingerprint density at radius 2 is 2.00 bits per heavy atom. The number of carboxylic acids is 1. The van der Waals surface area contributed by atoms with Crippen LogP contribution in [0, 0.1) is 17.1 Å². The molecule has 0 saturated carbocycles. The summed E-state index contributed by atoms with van der Waals surface area (Å²) in [6, 6.07) is 7.60. The van der Waals surface area contributed by atoms with Crippen LogP contribution in [0.5, 0.6) is 0 Å². The van der Waals surface area contributed by atoms with Crippen LogP contribution in [0.4, 0.5) is 9.39 Å². The number of halogens is 1.